The third-order valence-corrected chi connectivity index (χ3v) is 3.66. The average molecular weight is 291 g/mol. The quantitative estimate of drug-likeness (QED) is 0.880. The predicted octanol–water partition coefficient (Wildman–Crippen LogP) is 1.37. The minimum absolute atomic E-state index is 0.0349. The second-order valence-electron chi connectivity index (χ2n) is 5.88. The summed E-state index contributed by atoms with van der Waals surface area (Å²) >= 11 is 0. The summed E-state index contributed by atoms with van der Waals surface area (Å²) in [4.78, 5) is 14.5. The molecule has 0 unspecified atom stereocenters. The van der Waals surface area contributed by atoms with Crippen molar-refractivity contribution in [3.8, 4) is 0 Å². The first-order valence-corrected chi connectivity index (χ1v) is 7.37. The van der Waals surface area contributed by atoms with Crippen LogP contribution in [-0.4, -0.2) is 50.2 Å². The van der Waals surface area contributed by atoms with Crippen LogP contribution in [0.2, 0.25) is 0 Å². The second-order valence-corrected chi connectivity index (χ2v) is 5.88. The monoisotopic (exact) mass is 291 g/mol. The van der Waals surface area contributed by atoms with E-state index in [0.29, 0.717) is 13.2 Å². The minimum atomic E-state index is -0.296. The predicted molar refractivity (Wildman–Crippen MR) is 84.4 cm³/mol. The first kappa shape index (κ1) is 15.9. The standard InChI is InChI=1S/C16H25N3O2/c1-11-5-6-13(10-19(3)4)9-14(11)18-16(20)15-12(2)21-8-7-17-15/h5-6,9,12,15,17H,7-8,10H2,1-4H3,(H,18,20)/t12-,15+/m1/s1. The van der Waals surface area contributed by atoms with Gasteiger partial charge in [-0.25, -0.2) is 0 Å². The number of nitrogens with zero attached hydrogens (tertiary/aromatic N) is 1. The third-order valence-electron chi connectivity index (χ3n) is 3.66. The lowest BCUT2D eigenvalue weighted by Crippen LogP contribution is -2.53. The number of ether oxygens (including phenoxy) is 1. The maximum absolute atomic E-state index is 12.4. The van der Waals surface area contributed by atoms with E-state index in [1.807, 2.05) is 40.1 Å². The molecule has 2 N–H and O–H groups in total. The highest BCUT2D eigenvalue weighted by Crippen LogP contribution is 2.19. The number of nitrogens with one attached hydrogen (secondary N) is 2. The first-order valence-electron chi connectivity index (χ1n) is 7.37. The summed E-state index contributed by atoms with van der Waals surface area (Å²) in [5.41, 5.74) is 3.12. The second kappa shape index (κ2) is 7.02. The van der Waals surface area contributed by atoms with E-state index in [-0.39, 0.29) is 18.1 Å². The van der Waals surface area contributed by atoms with Crippen molar-refractivity contribution in [1.29, 1.82) is 0 Å². The van der Waals surface area contributed by atoms with Crippen LogP contribution in [-0.2, 0) is 16.1 Å². The lowest BCUT2D eigenvalue weighted by Gasteiger charge is -2.29. The molecule has 0 saturated carbocycles. The molecule has 1 amide bonds. The number of rotatable bonds is 4. The van der Waals surface area contributed by atoms with E-state index in [4.69, 9.17) is 4.74 Å². The van der Waals surface area contributed by atoms with Gasteiger partial charge in [-0.05, 0) is 45.1 Å². The van der Waals surface area contributed by atoms with Crippen LogP contribution in [0, 0.1) is 6.92 Å². The SMILES string of the molecule is Cc1ccc(CN(C)C)cc1NC(=O)[C@H]1NCCO[C@@H]1C. The lowest BCUT2D eigenvalue weighted by molar-refractivity contribution is -0.123. The molecule has 1 aromatic carbocycles. The molecule has 2 rings (SSSR count). The van der Waals surface area contributed by atoms with E-state index in [0.717, 1.165) is 17.8 Å². The first-order chi connectivity index (χ1) is 9.97. The Morgan fingerprint density at radius 2 is 2.24 bits per heavy atom. The van der Waals surface area contributed by atoms with Gasteiger partial charge in [0.25, 0.3) is 0 Å². The number of carbonyl (C=O) groups is 1. The van der Waals surface area contributed by atoms with E-state index in [2.05, 4.69) is 21.6 Å². The van der Waals surface area contributed by atoms with Gasteiger partial charge in [0.15, 0.2) is 0 Å². The Labute approximate surface area is 126 Å². The summed E-state index contributed by atoms with van der Waals surface area (Å²) in [5.74, 6) is -0.0349. The Kier molecular flexibility index (Phi) is 5.33. The van der Waals surface area contributed by atoms with E-state index in [9.17, 15) is 4.79 Å². The number of morpholine rings is 1. The van der Waals surface area contributed by atoms with E-state index < -0.39 is 0 Å². The number of amides is 1. The van der Waals surface area contributed by atoms with Gasteiger partial charge in [-0.15, -0.1) is 0 Å². The highest BCUT2D eigenvalue weighted by molar-refractivity contribution is 5.96. The van der Waals surface area contributed by atoms with Crippen LogP contribution < -0.4 is 10.6 Å². The van der Waals surface area contributed by atoms with Crippen LogP contribution in [0.15, 0.2) is 18.2 Å². The Balaban J connectivity index is 2.09. The summed E-state index contributed by atoms with van der Waals surface area (Å²) < 4.78 is 5.53. The molecule has 21 heavy (non-hydrogen) atoms. The molecule has 1 aliphatic rings. The van der Waals surface area contributed by atoms with Crippen molar-refractivity contribution >= 4 is 11.6 Å². The van der Waals surface area contributed by atoms with Gasteiger partial charge in [0.2, 0.25) is 5.91 Å². The molecule has 0 spiro atoms. The van der Waals surface area contributed by atoms with Gasteiger partial charge in [0.05, 0.1) is 12.7 Å². The zero-order chi connectivity index (χ0) is 15.4. The fourth-order valence-electron chi connectivity index (χ4n) is 2.51. The molecule has 0 bridgehead atoms. The molecule has 0 aromatic heterocycles. The molecular weight excluding hydrogens is 266 g/mol. The Morgan fingerprint density at radius 3 is 2.90 bits per heavy atom. The van der Waals surface area contributed by atoms with Gasteiger partial charge in [0, 0.05) is 18.8 Å². The summed E-state index contributed by atoms with van der Waals surface area (Å²) in [6, 6.07) is 5.88. The summed E-state index contributed by atoms with van der Waals surface area (Å²) in [6.45, 7) is 6.14. The highest BCUT2D eigenvalue weighted by atomic mass is 16.5. The molecule has 1 saturated heterocycles. The maximum Gasteiger partial charge on any atom is 0.244 e. The number of carbonyl (C=O) groups excluding carboxylic acids is 1. The van der Waals surface area contributed by atoms with Crippen LogP contribution in [0.1, 0.15) is 18.1 Å². The van der Waals surface area contributed by atoms with Crippen molar-refractivity contribution in [2.75, 3.05) is 32.6 Å². The smallest absolute Gasteiger partial charge is 0.244 e. The molecule has 5 nitrogen and oxygen atoms in total. The molecule has 1 aromatic rings. The van der Waals surface area contributed by atoms with Gasteiger partial charge in [-0.1, -0.05) is 12.1 Å². The van der Waals surface area contributed by atoms with Gasteiger partial charge in [-0.2, -0.15) is 0 Å². The third kappa shape index (κ3) is 4.27. The van der Waals surface area contributed by atoms with Crippen LogP contribution >= 0.6 is 0 Å². The minimum Gasteiger partial charge on any atom is -0.375 e. The van der Waals surface area contributed by atoms with Crippen molar-refractivity contribution in [2.45, 2.75) is 32.5 Å². The number of hydrogen-bond acceptors (Lipinski definition) is 4. The molecule has 116 valence electrons. The molecule has 1 aliphatic heterocycles. The molecular formula is C16H25N3O2. The fraction of sp³-hybridized carbons (Fsp3) is 0.562. The maximum atomic E-state index is 12.4. The van der Waals surface area contributed by atoms with Crippen LogP contribution in [0.25, 0.3) is 0 Å². The summed E-state index contributed by atoms with van der Waals surface area (Å²) in [5, 5.41) is 6.23. The van der Waals surface area contributed by atoms with Gasteiger partial charge >= 0.3 is 0 Å². The number of anilines is 1. The molecule has 5 heteroatoms. The van der Waals surface area contributed by atoms with Crippen LogP contribution in [0.5, 0.6) is 0 Å². The zero-order valence-electron chi connectivity index (χ0n) is 13.3. The highest BCUT2D eigenvalue weighted by Gasteiger charge is 2.28. The van der Waals surface area contributed by atoms with Crippen molar-refractivity contribution in [2.24, 2.45) is 0 Å². The van der Waals surface area contributed by atoms with E-state index >= 15 is 0 Å². The average Bonchev–Trinajstić information content (AvgIpc) is 2.42. The largest absolute Gasteiger partial charge is 0.375 e. The Hall–Kier alpha value is -1.43. The van der Waals surface area contributed by atoms with Crippen LogP contribution in [0.3, 0.4) is 0 Å². The molecule has 0 aliphatic carbocycles. The van der Waals surface area contributed by atoms with E-state index in [1.54, 1.807) is 0 Å². The van der Waals surface area contributed by atoms with Crippen molar-refractivity contribution in [3.05, 3.63) is 29.3 Å². The van der Waals surface area contributed by atoms with Gasteiger partial charge in [-0.3, -0.25) is 4.79 Å². The number of benzene rings is 1. The molecule has 1 fully saturated rings. The molecule has 1 heterocycles. The van der Waals surface area contributed by atoms with Crippen LogP contribution in [0.4, 0.5) is 5.69 Å². The summed E-state index contributed by atoms with van der Waals surface area (Å²) in [6.07, 6.45) is -0.107. The number of hydrogen-bond donors (Lipinski definition) is 2. The molecule has 0 radical (unpaired) electrons. The van der Waals surface area contributed by atoms with Crippen molar-refractivity contribution < 1.29 is 9.53 Å². The molecule has 2 atom stereocenters. The lowest BCUT2D eigenvalue weighted by atomic mass is 10.1. The zero-order valence-corrected chi connectivity index (χ0v) is 13.3. The Morgan fingerprint density at radius 1 is 1.48 bits per heavy atom. The normalized spacial score (nSPS) is 22.3. The van der Waals surface area contributed by atoms with Crippen molar-refractivity contribution in [1.82, 2.24) is 10.2 Å². The summed E-state index contributed by atoms with van der Waals surface area (Å²) in [7, 11) is 4.06. The van der Waals surface area contributed by atoms with E-state index in [1.165, 1.54) is 5.56 Å². The van der Waals surface area contributed by atoms with Gasteiger partial charge < -0.3 is 20.3 Å². The number of aryl methyl sites for hydroxylation is 1. The fourth-order valence-corrected chi connectivity index (χ4v) is 2.51. The van der Waals surface area contributed by atoms with Gasteiger partial charge in [0.1, 0.15) is 6.04 Å². The van der Waals surface area contributed by atoms with Crippen molar-refractivity contribution in [3.63, 3.8) is 0 Å². The topological polar surface area (TPSA) is 53.6 Å². The Bertz CT molecular complexity index is 502.